The minimum Gasteiger partial charge on any atom is -0.384 e. The number of alkyl halides is 2. The molecule has 16 nitrogen and oxygen atoms in total. The molecule has 0 saturated carbocycles. The van der Waals surface area contributed by atoms with Gasteiger partial charge in [0.1, 0.15) is 11.9 Å². The van der Waals surface area contributed by atoms with Gasteiger partial charge in [0.05, 0.1) is 6.10 Å². The van der Waals surface area contributed by atoms with Gasteiger partial charge in [0.15, 0.2) is 6.10 Å². The number of anilines is 1. The van der Waals surface area contributed by atoms with Crippen LogP contribution in [0, 0.1) is 0 Å². The number of aliphatic hydroxyl groups excluding tert-OH is 1. The van der Waals surface area contributed by atoms with Crippen molar-refractivity contribution in [1.29, 1.82) is 0 Å². The van der Waals surface area contributed by atoms with Gasteiger partial charge in [0.2, 0.25) is 6.23 Å². The second-order valence-electron chi connectivity index (χ2n) is 6.26. The number of hydrogen-bond acceptors (Lipinski definition) is 11. The highest BCUT2D eigenvalue weighted by Crippen LogP contribution is 2.67. The summed E-state index contributed by atoms with van der Waals surface area (Å²) in [4.78, 5) is 50.9. The summed E-state index contributed by atoms with van der Waals surface area (Å²) in [6, 6.07) is 0.990. The number of phosphoric ester groups is 1. The van der Waals surface area contributed by atoms with Crippen LogP contribution in [0.2, 0.25) is 0 Å². The van der Waals surface area contributed by atoms with E-state index in [0.29, 0.717) is 4.57 Å². The normalized spacial score (nSPS) is 28.1. The van der Waals surface area contributed by atoms with E-state index in [-0.39, 0.29) is 5.82 Å². The van der Waals surface area contributed by atoms with Crippen LogP contribution in [-0.4, -0.2) is 58.5 Å². The average molecular weight is 531 g/mol. The van der Waals surface area contributed by atoms with Gasteiger partial charge in [-0.1, -0.05) is 6.92 Å². The molecule has 3 unspecified atom stereocenters. The summed E-state index contributed by atoms with van der Waals surface area (Å²) < 4.78 is 80.1. The van der Waals surface area contributed by atoms with Crippen molar-refractivity contribution < 1.29 is 65.0 Å². The number of rotatable bonds is 9. The van der Waals surface area contributed by atoms with Gasteiger partial charge in [0.25, 0.3) is 0 Å². The highest BCUT2D eigenvalue weighted by molar-refractivity contribution is 7.66. The molecule has 0 amide bonds. The second kappa shape index (κ2) is 9.25. The standard InChI is InChI=1S/C11H18F2N3O13P3/c1-2-5(27-31(22,23)29-32(24,25)28-30(19,20)21)7-8(17)11(12,13)9(26-7)16-4-3-6(14)15-10(16)18/h3-5,7-9,17H,2H2,1H3,(H,22,23)(H,24,25)(H2,14,15,18)(H2,19,20,21)/t5?,7-,8-,9-/m1/s1. The number of halogens is 2. The van der Waals surface area contributed by atoms with Gasteiger partial charge in [-0.25, -0.2) is 18.5 Å². The second-order valence-corrected chi connectivity index (χ2v) is 10.6. The Morgan fingerprint density at radius 2 is 1.84 bits per heavy atom. The summed E-state index contributed by atoms with van der Waals surface area (Å²) in [6.45, 7) is 1.22. The van der Waals surface area contributed by atoms with Crippen LogP contribution < -0.4 is 11.4 Å². The van der Waals surface area contributed by atoms with E-state index in [0.717, 1.165) is 12.3 Å². The van der Waals surface area contributed by atoms with Gasteiger partial charge in [-0.2, -0.15) is 22.4 Å². The molecule has 0 aromatic carbocycles. The molecule has 2 rings (SSSR count). The summed E-state index contributed by atoms with van der Waals surface area (Å²) in [5.41, 5.74) is 4.02. The summed E-state index contributed by atoms with van der Waals surface area (Å²) >= 11 is 0. The van der Waals surface area contributed by atoms with Crippen LogP contribution in [0.1, 0.15) is 19.6 Å². The predicted molar refractivity (Wildman–Crippen MR) is 96.8 cm³/mol. The molecule has 1 saturated heterocycles. The lowest BCUT2D eigenvalue weighted by Gasteiger charge is -2.26. The van der Waals surface area contributed by atoms with Crippen LogP contribution in [0.3, 0.4) is 0 Å². The Labute approximate surface area is 177 Å². The highest BCUT2D eigenvalue weighted by atomic mass is 31.3. The predicted octanol–water partition coefficient (Wildman–Crippen LogP) is -0.159. The zero-order chi connectivity index (χ0) is 24.7. The molecule has 0 bridgehead atoms. The molecule has 0 radical (unpaired) electrons. The monoisotopic (exact) mass is 531 g/mol. The molecular formula is C11H18F2N3O13P3. The maximum Gasteiger partial charge on any atom is 0.490 e. The Balaban J connectivity index is 2.27. The molecule has 1 aromatic heterocycles. The third-order valence-corrected chi connectivity index (χ3v) is 7.74. The van der Waals surface area contributed by atoms with Crippen molar-refractivity contribution in [2.75, 3.05) is 5.73 Å². The van der Waals surface area contributed by atoms with E-state index in [1.807, 2.05) is 0 Å². The fourth-order valence-corrected chi connectivity index (χ4v) is 5.93. The van der Waals surface area contributed by atoms with Crippen molar-refractivity contribution in [2.45, 2.75) is 43.8 Å². The molecule has 1 aromatic rings. The fraction of sp³-hybridized carbons (Fsp3) is 0.636. The topological polar surface area (TPSA) is 250 Å². The number of hydrogen-bond donors (Lipinski definition) is 6. The lowest BCUT2D eigenvalue weighted by Crippen LogP contribution is -2.44. The quantitative estimate of drug-likeness (QED) is 0.227. The summed E-state index contributed by atoms with van der Waals surface area (Å²) in [6.07, 6.45) is -8.78. The first-order valence-electron chi connectivity index (χ1n) is 8.27. The molecule has 0 aliphatic carbocycles. The first-order valence-corrected chi connectivity index (χ1v) is 12.8. The van der Waals surface area contributed by atoms with E-state index in [1.165, 1.54) is 6.92 Å². The first-order chi connectivity index (χ1) is 14.4. The van der Waals surface area contributed by atoms with Crippen molar-refractivity contribution in [3.8, 4) is 0 Å². The smallest absolute Gasteiger partial charge is 0.384 e. The van der Waals surface area contributed by atoms with Crippen molar-refractivity contribution in [3.63, 3.8) is 0 Å². The lowest BCUT2D eigenvalue weighted by molar-refractivity contribution is -0.141. The molecule has 21 heteroatoms. The molecule has 6 atom stereocenters. The number of nitrogens with zero attached hydrogens (tertiary/aromatic N) is 2. The van der Waals surface area contributed by atoms with Gasteiger partial charge in [0, 0.05) is 6.20 Å². The minimum atomic E-state index is -5.86. The Bertz CT molecular complexity index is 1050. The van der Waals surface area contributed by atoms with Crippen molar-refractivity contribution in [2.24, 2.45) is 0 Å². The Morgan fingerprint density at radius 1 is 1.25 bits per heavy atom. The number of nitrogens with two attached hydrogens (primary N) is 1. The Morgan fingerprint density at radius 3 is 2.34 bits per heavy atom. The molecule has 1 fully saturated rings. The summed E-state index contributed by atoms with van der Waals surface area (Å²) in [5, 5.41) is 10.0. The van der Waals surface area contributed by atoms with Crippen LogP contribution in [0.5, 0.6) is 0 Å². The summed E-state index contributed by atoms with van der Waals surface area (Å²) in [5.74, 6) is -4.44. The van der Waals surface area contributed by atoms with Gasteiger partial charge in [-0.15, -0.1) is 0 Å². The Kier molecular flexibility index (Phi) is 7.84. The molecule has 2 heterocycles. The molecule has 0 spiro atoms. The fourth-order valence-electron chi connectivity index (χ4n) is 2.66. The van der Waals surface area contributed by atoms with Crippen molar-refractivity contribution in [1.82, 2.24) is 9.55 Å². The van der Waals surface area contributed by atoms with Crippen LogP contribution in [0.15, 0.2) is 17.1 Å². The number of ether oxygens (including phenoxy) is 1. The van der Waals surface area contributed by atoms with Gasteiger partial charge in [-0.3, -0.25) is 9.09 Å². The third kappa shape index (κ3) is 6.47. The largest absolute Gasteiger partial charge is 0.490 e. The van der Waals surface area contributed by atoms with Crippen LogP contribution in [0.25, 0.3) is 0 Å². The van der Waals surface area contributed by atoms with Gasteiger partial charge < -0.3 is 35.2 Å². The molecule has 184 valence electrons. The molecular weight excluding hydrogens is 513 g/mol. The minimum absolute atomic E-state index is 0.288. The molecule has 7 N–H and O–H groups in total. The van der Waals surface area contributed by atoms with E-state index in [4.69, 9.17) is 25.2 Å². The maximum absolute atomic E-state index is 14.6. The van der Waals surface area contributed by atoms with E-state index >= 15 is 0 Å². The molecule has 32 heavy (non-hydrogen) atoms. The van der Waals surface area contributed by atoms with E-state index in [2.05, 4.69) is 18.1 Å². The molecule has 1 aliphatic heterocycles. The van der Waals surface area contributed by atoms with E-state index in [1.54, 1.807) is 0 Å². The van der Waals surface area contributed by atoms with Gasteiger partial charge in [-0.05, 0) is 12.5 Å². The van der Waals surface area contributed by atoms with Crippen molar-refractivity contribution >= 4 is 29.3 Å². The van der Waals surface area contributed by atoms with Crippen LogP contribution in [0.4, 0.5) is 14.6 Å². The SMILES string of the molecule is CCC(OP(=O)(O)OP(=O)(O)OP(=O)(O)O)[C@H]1O[C@@H](n2ccc(N)nc2=O)C(F)(F)[C@@H]1O. The zero-order valence-corrected chi connectivity index (χ0v) is 18.4. The van der Waals surface area contributed by atoms with Crippen LogP contribution >= 0.6 is 23.5 Å². The first kappa shape index (κ1) is 27.1. The maximum atomic E-state index is 14.6. The number of aromatic nitrogens is 2. The zero-order valence-electron chi connectivity index (χ0n) is 15.7. The van der Waals surface area contributed by atoms with E-state index < -0.39 is 66.0 Å². The lowest BCUT2D eigenvalue weighted by atomic mass is 10.0. The van der Waals surface area contributed by atoms with Crippen LogP contribution in [-0.2, 0) is 31.6 Å². The summed E-state index contributed by atoms with van der Waals surface area (Å²) in [7, 11) is -17.2. The van der Waals surface area contributed by atoms with Crippen molar-refractivity contribution in [3.05, 3.63) is 22.7 Å². The third-order valence-electron chi connectivity index (χ3n) is 3.88. The molecule has 1 aliphatic rings. The number of nitrogen functional groups attached to an aromatic ring is 1. The number of phosphoric acid groups is 3. The van der Waals surface area contributed by atoms with Gasteiger partial charge >= 0.3 is 35.1 Å². The Hall–Kier alpha value is -1.13. The number of aliphatic hydroxyl groups is 1. The average Bonchev–Trinajstić information content (AvgIpc) is 2.80. The highest BCUT2D eigenvalue weighted by Gasteiger charge is 2.62. The van der Waals surface area contributed by atoms with E-state index in [9.17, 15) is 37.3 Å².